The highest BCUT2D eigenvalue weighted by molar-refractivity contribution is 5.90. The van der Waals surface area contributed by atoms with Crippen molar-refractivity contribution in [3.8, 4) is 0 Å². The summed E-state index contributed by atoms with van der Waals surface area (Å²) in [4.78, 5) is 21.9. The highest BCUT2D eigenvalue weighted by Crippen LogP contribution is 2.05. The largest absolute Gasteiger partial charge is 0.480 e. The monoisotopic (exact) mass is 224 g/mol. The van der Waals surface area contributed by atoms with E-state index in [1.807, 2.05) is 0 Å². The zero-order chi connectivity index (χ0) is 10.9. The molecule has 0 aliphatic rings. The predicted octanol–water partition coefficient (Wildman–Crippen LogP) is 0.125. The summed E-state index contributed by atoms with van der Waals surface area (Å²) < 4.78 is 0. The summed E-state index contributed by atoms with van der Waals surface area (Å²) in [6, 6.07) is 0. The highest BCUT2D eigenvalue weighted by Gasteiger charge is 2.33. The molecular weight excluding hydrogens is 208 g/mol. The van der Waals surface area contributed by atoms with E-state index in [-0.39, 0.29) is 12.4 Å². The molecule has 0 saturated carbocycles. The lowest BCUT2D eigenvalue weighted by atomic mass is 10.0. The fourth-order valence-corrected chi connectivity index (χ4v) is 0.498. The molecule has 0 unspecified atom stereocenters. The zero-order valence-electron chi connectivity index (χ0n) is 8.75. The molecule has 4 N–H and O–H groups in total. The number of halogens is 1. The maximum atomic E-state index is 11.3. The second kappa shape index (κ2) is 4.61. The molecule has 5 nitrogen and oxygen atoms in total. The van der Waals surface area contributed by atoms with Gasteiger partial charge in [-0.05, 0) is 27.7 Å². The quantitative estimate of drug-likeness (QED) is 0.635. The van der Waals surface area contributed by atoms with Crippen LogP contribution in [0, 0.1) is 0 Å². The lowest BCUT2D eigenvalue weighted by Crippen LogP contribution is -2.58. The summed E-state index contributed by atoms with van der Waals surface area (Å²) in [5, 5.41) is 11.0. The molecule has 0 aromatic heterocycles. The van der Waals surface area contributed by atoms with Gasteiger partial charge in [-0.2, -0.15) is 0 Å². The van der Waals surface area contributed by atoms with Crippen molar-refractivity contribution in [1.82, 2.24) is 5.32 Å². The molecule has 0 aromatic rings. The third kappa shape index (κ3) is 4.43. The Bertz CT molecular complexity index is 233. The first-order valence-corrected chi connectivity index (χ1v) is 3.92. The SMILES string of the molecule is CC(C)(N)C(=O)NC(C)(C)C(=O)O.Cl. The van der Waals surface area contributed by atoms with E-state index in [0.717, 1.165) is 0 Å². The van der Waals surface area contributed by atoms with Gasteiger partial charge in [-0.15, -0.1) is 12.4 Å². The topological polar surface area (TPSA) is 92.4 Å². The van der Waals surface area contributed by atoms with E-state index in [0.29, 0.717) is 0 Å². The first-order valence-electron chi connectivity index (χ1n) is 3.92. The molecule has 84 valence electrons. The van der Waals surface area contributed by atoms with Crippen molar-refractivity contribution in [2.24, 2.45) is 5.73 Å². The van der Waals surface area contributed by atoms with Crippen LogP contribution in [0.5, 0.6) is 0 Å². The molecular formula is C8H17ClN2O3. The smallest absolute Gasteiger partial charge is 0.328 e. The minimum Gasteiger partial charge on any atom is -0.480 e. The number of aliphatic carboxylic acids is 1. The molecule has 0 atom stereocenters. The van der Waals surface area contributed by atoms with Gasteiger partial charge >= 0.3 is 5.97 Å². The van der Waals surface area contributed by atoms with Crippen molar-refractivity contribution in [2.75, 3.05) is 0 Å². The summed E-state index contributed by atoms with van der Waals surface area (Å²) in [6.07, 6.45) is 0. The number of carbonyl (C=O) groups excluding carboxylic acids is 1. The molecule has 0 aliphatic carbocycles. The van der Waals surface area contributed by atoms with E-state index in [4.69, 9.17) is 10.8 Å². The molecule has 0 spiro atoms. The fourth-order valence-electron chi connectivity index (χ4n) is 0.498. The van der Waals surface area contributed by atoms with Crippen LogP contribution in [0.3, 0.4) is 0 Å². The minimum absolute atomic E-state index is 0. The lowest BCUT2D eigenvalue weighted by Gasteiger charge is -2.26. The van der Waals surface area contributed by atoms with E-state index in [9.17, 15) is 9.59 Å². The summed E-state index contributed by atoms with van der Waals surface area (Å²) in [5.74, 6) is -1.58. The van der Waals surface area contributed by atoms with E-state index < -0.39 is 23.0 Å². The van der Waals surface area contributed by atoms with Gasteiger partial charge in [0.1, 0.15) is 5.54 Å². The van der Waals surface area contributed by atoms with Crippen LogP contribution in [0.1, 0.15) is 27.7 Å². The Morgan fingerprint density at radius 2 is 1.57 bits per heavy atom. The standard InChI is InChI=1S/C8H16N2O3.ClH/c1-7(2,9)5(11)10-8(3,4)6(12)13;/h9H2,1-4H3,(H,10,11)(H,12,13);1H. The Hall–Kier alpha value is -0.810. The van der Waals surface area contributed by atoms with Gasteiger partial charge < -0.3 is 16.2 Å². The van der Waals surface area contributed by atoms with Crippen LogP contribution in [0.4, 0.5) is 0 Å². The van der Waals surface area contributed by atoms with Crippen molar-refractivity contribution in [3.05, 3.63) is 0 Å². The zero-order valence-corrected chi connectivity index (χ0v) is 9.57. The number of hydrogen-bond donors (Lipinski definition) is 3. The summed E-state index contributed by atoms with van der Waals surface area (Å²) in [6.45, 7) is 5.83. The van der Waals surface area contributed by atoms with Crippen LogP contribution in [0.2, 0.25) is 0 Å². The Morgan fingerprint density at radius 3 is 1.79 bits per heavy atom. The van der Waals surface area contributed by atoms with Crippen molar-refractivity contribution in [2.45, 2.75) is 38.8 Å². The first kappa shape index (κ1) is 15.7. The number of nitrogens with two attached hydrogens (primary N) is 1. The van der Waals surface area contributed by atoms with Crippen molar-refractivity contribution >= 4 is 24.3 Å². The van der Waals surface area contributed by atoms with Crippen molar-refractivity contribution in [3.63, 3.8) is 0 Å². The number of hydrogen-bond acceptors (Lipinski definition) is 3. The second-order valence-corrected chi connectivity index (χ2v) is 4.11. The van der Waals surface area contributed by atoms with Gasteiger partial charge in [0.05, 0.1) is 5.54 Å². The van der Waals surface area contributed by atoms with Gasteiger partial charge in [-0.3, -0.25) is 4.79 Å². The van der Waals surface area contributed by atoms with E-state index in [2.05, 4.69) is 5.32 Å². The summed E-state index contributed by atoms with van der Waals surface area (Å²) >= 11 is 0. The van der Waals surface area contributed by atoms with Gasteiger partial charge in [-0.1, -0.05) is 0 Å². The van der Waals surface area contributed by atoms with E-state index in [1.54, 1.807) is 0 Å². The normalized spacial score (nSPS) is 11.5. The van der Waals surface area contributed by atoms with Gasteiger partial charge in [0.15, 0.2) is 0 Å². The van der Waals surface area contributed by atoms with E-state index in [1.165, 1.54) is 27.7 Å². The van der Waals surface area contributed by atoms with Crippen LogP contribution < -0.4 is 11.1 Å². The number of rotatable bonds is 3. The van der Waals surface area contributed by atoms with Crippen molar-refractivity contribution in [1.29, 1.82) is 0 Å². The molecule has 6 heteroatoms. The van der Waals surface area contributed by atoms with Crippen LogP contribution >= 0.6 is 12.4 Å². The fraction of sp³-hybridized carbons (Fsp3) is 0.750. The molecule has 1 amide bonds. The molecule has 0 fully saturated rings. The molecule has 0 bridgehead atoms. The number of carboxylic acids is 1. The van der Waals surface area contributed by atoms with Crippen molar-refractivity contribution < 1.29 is 14.7 Å². The second-order valence-electron chi connectivity index (χ2n) is 4.11. The molecule has 0 rings (SSSR count). The Balaban J connectivity index is 0. The lowest BCUT2D eigenvalue weighted by molar-refractivity contribution is -0.146. The maximum absolute atomic E-state index is 11.3. The van der Waals surface area contributed by atoms with E-state index >= 15 is 0 Å². The predicted molar refractivity (Wildman–Crippen MR) is 55.4 cm³/mol. The molecule has 0 saturated heterocycles. The number of carboxylic acid groups (broad SMARTS) is 1. The molecule has 0 aliphatic heterocycles. The summed E-state index contributed by atoms with van der Waals surface area (Å²) in [7, 11) is 0. The number of carbonyl (C=O) groups is 2. The highest BCUT2D eigenvalue weighted by atomic mass is 35.5. The molecule has 0 aromatic carbocycles. The van der Waals surface area contributed by atoms with Gasteiger partial charge in [-0.25, -0.2) is 4.79 Å². The Kier molecular flexibility index (Phi) is 5.16. The molecule has 0 radical (unpaired) electrons. The minimum atomic E-state index is -1.28. The molecule has 14 heavy (non-hydrogen) atoms. The summed E-state index contributed by atoms with van der Waals surface area (Å²) in [5.41, 5.74) is 3.13. The Labute approximate surface area is 89.5 Å². The third-order valence-electron chi connectivity index (χ3n) is 1.55. The van der Waals surface area contributed by atoms with Gasteiger partial charge in [0, 0.05) is 0 Å². The average Bonchev–Trinajstić information content (AvgIpc) is 1.83. The van der Waals surface area contributed by atoms with Crippen LogP contribution in [0.25, 0.3) is 0 Å². The molecule has 0 heterocycles. The number of nitrogens with one attached hydrogen (secondary N) is 1. The first-order chi connectivity index (χ1) is 5.57. The van der Waals surface area contributed by atoms with Crippen LogP contribution in [0.15, 0.2) is 0 Å². The van der Waals surface area contributed by atoms with Crippen LogP contribution in [-0.4, -0.2) is 28.1 Å². The third-order valence-corrected chi connectivity index (χ3v) is 1.55. The van der Waals surface area contributed by atoms with Crippen LogP contribution in [-0.2, 0) is 9.59 Å². The maximum Gasteiger partial charge on any atom is 0.328 e. The Morgan fingerprint density at radius 1 is 1.21 bits per heavy atom. The average molecular weight is 225 g/mol. The number of amides is 1. The van der Waals surface area contributed by atoms with Gasteiger partial charge in [0.2, 0.25) is 5.91 Å². The van der Waals surface area contributed by atoms with Gasteiger partial charge in [0.25, 0.3) is 0 Å².